The molecule has 1 aromatic carbocycles. The van der Waals surface area contributed by atoms with E-state index in [0.29, 0.717) is 0 Å². The van der Waals surface area contributed by atoms with Gasteiger partial charge in [-0.3, -0.25) is 10.1 Å². The van der Waals surface area contributed by atoms with E-state index in [0.717, 1.165) is 6.07 Å². The fourth-order valence-electron chi connectivity index (χ4n) is 1.37. The zero-order valence-corrected chi connectivity index (χ0v) is 11.8. The second-order valence-corrected chi connectivity index (χ2v) is 4.63. The Hall–Kier alpha value is -2.04. The molecule has 0 aliphatic carbocycles. The summed E-state index contributed by atoms with van der Waals surface area (Å²) < 4.78 is 43.1. The minimum absolute atomic E-state index is 0.108. The summed E-state index contributed by atoms with van der Waals surface area (Å²) in [4.78, 5) is 10.0. The third kappa shape index (κ3) is 4.21. The summed E-state index contributed by atoms with van der Waals surface area (Å²) in [6.07, 6.45) is -4.83. The molecule has 1 rings (SSSR count). The van der Waals surface area contributed by atoms with Crippen LogP contribution in [0.4, 0.5) is 18.9 Å². The monoisotopic (exact) mass is 371 g/mol. The summed E-state index contributed by atoms with van der Waals surface area (Å²) in [6, 6.07) is 3.78. The minimum Gasteiger partial charge on any atom is -0.485 e. The van der Waals surface area contributed by atoms with E-state index in [4.69, 9.17) is 15.7 Å². The largest absolute Gasteiger partial charge is 0.485 e. The Morgan fingerprint density at radius 1 is 1.57 bits per heavy atom. The van der Waals surface area contributed by atoms with Gasteiger partial charge in [0.1, 0.15) is 12.5 Å². The summed E-state index contributed by atoms with van der Waals surface area (Å²) in [5.41, 5.74) is 4.45. The highest BCUT2D eigenvalue weighted by Crippen LogP contribution is 2.36. The highest BCUT2D eigenvalue weighted by molar-refractivity contribution is 9.10. The topological polar surface area (TPSA) is 111 Å². The lowest BCUT2D eigenvalue weighted by Gasteiger charge is -2.19. The number of hydrogen-bond donors (Lipinski definition) is 2. The number of nitrogens with two attached hydrogens (primary N) is 1. The van der Waals surface area contributed by atoms with Crippen molar-refractivity contribution in [2.24, 2.45) is 16.8 Å². The van der Waals surface area contributed by atoms with Crippen molar-refractivity contribution in [2.75, 3.05) is 6.61 Å². The molecule has 1 unspecified atom stereocenters. The Balaban J connectivity index is 3.04. The number of para-hydroxylation sites is 1. The molecule has 0 fully saturated rings. The third-order valence-electron chi connectivity index (χ3n) is 2.40. The smallest absolute Gasteiger partial charge is 0.402 e. The highest BCUT2D eigenvalue weighted by Gasteiger charge is 2.44. The van der Waals surface area contributed by atoms with Gasteiger partial charge in [-0.05, 0) is 22.0 Å². The number of alkyl halides is 3. The molecule has 0 saturated carbocycles. The number of nitro groups is 1. The second kappa shape index (κ2) is 6.61. The van der Waals surface area contributed by atoms with E-state index >= 15 is 0 Å². The van der Waals surface area contributed by atoms with Crippen molar-refractivity contribution < 1.29 is 28.0 Å². The first-order chi connectivity index (χ1) is 9.68. The number of nitro benzene ring substituents is 1. The predicted octanol–water partition coefficient (Wildman–Crippen LogP) is 2.66. The van der Waals surface area contributed by atoms with Gasteiger partial charge in [0.05, 0.1) is 9.40 Å². The second-order valence-electron chi connectivity index (χ2n) is 3.78. The lowest BCUT2D eigenvalue weighted by atomic mass is 10.1. The first kappa shape index (κ1) is 17.0. The van der Waals surface area contributed by atoms with E-state index in [9.17, 15) is 23.3 Å². The maximum Gasteiger partial charge on any atom is 0.402 e. The van der Waals surface area contributed by atoms with Gasteiger partial charge in [-0.2, -0.15) is 13.2 Å². The molecule has 0 heterocycles. The van der Waals surface area contributed by atoms with Crippen LogP contribution in [-0.4, -0.2) is 28.7 Å². The van der Waals surface area contributed by atoms with Crippen molar-refractivity contribution in [3.05, 3.63) is 32.8 Å². The molecule has 116 valence electrons. The SMILES string of the molecule is N/C(=N/O)C(COc1c(Br)cccc1[N+](=O)[O-])C(F)(F)F. The van der Waals surface area contributed by atoms with Gasteiger partial charge in [0.25, 0.3) is 0 Å². The summed E-state index contributed by atoms with van der Waals surface area (Å²) in [6.45, 7) is -1.07. The summed E-state index contributed by atoms with van der Waals surface area (Å²) >= 11 is 2.95. The molecule has 0 amide bonds. The zero-order chi connectivity index (χ0) is 16.2. The Morgan fingerprint density at radius 2 is 2.19 bits per heavy atom. The standard InChI is InChI=1S/C10H9BrF3N3O4/c11-6-2-1-3-7(17(19)20)8(6)21-4-5(9(15)16-18)10(12,13)14/h1-3,5,18H,4H2,(H2,15,16). The summed E-state index contributed by atoms with van der Waals surface area (Å²) in [7, 11) is 0. The maximum atomic E-state index is 12.7. The van der Waals surface area contributed by atoms with Gasteiger partial charge in [-0.1, -0.05) is 11.2 Å². The molecule has 0 aliphatic rings. The van der Waals surface area contributed by atoms with E-state index in [-0.39, 0.29) is 10.2 Å². The normalized spacial score (nSPS) is 13.8. The van der Waals surface area contributed by atoms with Crippen molar-refractivity contribution in [3.63, 3.8) is 0 Å². The van der Waals surface area contributed by atoms with E-state index in [1.165, 1.54) is 12.1 Å². The molecule has 11 heteroatoms. The first-order valence-electron chi connectivity index (χ1n) is 5.28. The fourth-order valence-corrected chi connectivity index (χ4v) is 1.84. The van der Waals surface area contributed by atoms with E-state index in [1.54, 1.807) is 0 Å². The number of halogens is 4. The van der Waals surface area contributed by atoms with Gasteiger partial charge in [0.2, 0.25) is 5.75 Å². The van der Waals surface area contributed by atoms with Gasteiger partial charge in [-0.25, -0.2) is 0 Å². The number of benzene rings is 1. The van der Waals surface area contributed by atoms with Gasteiger partial charge in [-0.15, -0.1) is 0 Å². The molecule has 0 saturated heterocycles. The van der Waals surface area contributed by atoms with Crippen molar-refractivity contribution >= 4 is 27.5 Å². The molecule has 0 spiro atoms. The van der Waals surface area contributed by atoms with Gasteiger partial charge < -0.3 is 15.7 Å². The number of amidine groups is 1. The Morgan fingerprint density at radius 3 is 2.67 bits per heavy atom. The van der Waals surface area contributed by atoms with E-state index in [1.807, 2.05) is 0 Å². The molecule has 1 atom stereocenters. The molecule has 3 N–H and O–H groups in total. The Bertz CT molecular complexity index is 565. The van der Waals surface area contributed by atoms with Crippen molar-refractivity contribution in [2.45, 2.75) is 6.18 Å². The lowest BCUT2D eigenvalue weighted by molar-refractivity contribution is -0.386. The number of nitrogens with zero attached hydrogens (tertiary/aromatic N) is 2. The highest BCUT2D eigenvalue weighted by atomic mass is 79.9. The number of oxime groups is 1. The Labute approximate surface area is 124 Å². The maximum absolute atomic E-state index is 12.7. The molecule has 7 nitrogen and oxygen atoms in total. The lowest BCUT2D eigenvalue weighted by Crippen LogP contribution is -2.40. The van der Waals surface area contributed by atoms with E-state index in [2.05, 4.69) is 21.1 Å². The number of rotatable bonds is 5. The molecule has 0 bridgehead atoms. The van der Waals surface area contributed by atoms with Crippen LogP contribution < -0.4 is 10.5 Å². The van der Waals surface area contributed by atoms with Crippen molar-refractivity contribution in [1.29, 1.82) is 0 Å². The van der Waals surface area contributed by atoms with Crippen LogP contribution in [0.15, 0.2) is 27.8 Å². The van der Waals surface area contributed by atoms with Crippen LogP contribution in [0.3, 0.4) is 0 Å². The summed E-state index contributed by atoms with van der Waals surface area (Å²) in [5, 5.41) is 21.4. The van der Waals surface area contributed by atoms with Crippen LogP contribution in [0, 0.1) is 16.0 Å². The molecule has 0 radical (unpaired) electrons. The number of hydrogen-bond acceptors (Lipinski definition) is 5. The first-order valence-corrected chi connectivity index (χ1v) is 6.07. The van der Waals surface area contributed by atoms with Crippen LogP contribution in [0.25, 0.3) is 0 Å². The minimum atomic E-state index is -4.83. The predicted molar refractivity (Wildman–Crippen MR) is 69.2 cm³/mol. The zero-order valence-electron chi connectivity index (χ0n) is 10.2. The van der Waals surface area contributed by atoms with Crippen molar-refractivity contribution in [1.82, 2.24) is 0 Å². The molecule has 0 aliphatic heterocycles. The Kier molecular flexibility index (Phi) is 5.35. The van der Waals surface area contributed by atoms with Gasteiger partial charge in [0.15, 0.2) is 5.84 Å². The fraction of sp³-hybridized carbons (Fsp3) is 0.300. The van der Waals surface area contributed by atoms with Crippen LogP contribution in [-0.2, 0) is 0 Å². The average Bonchev–Trinajstić information content (AvgIpc) is 2.38. The molecule has 21 heavy (non-hydrogen) atoms. The van der Waals surface area contributed by atoms with Crippen LogP contribution >= 0.6 is 15.9 Å². The van der Waals surface area contributed by atoms with Crippen LogP contribution in [0.2, 0.25) is 0 Å². The third-order valence-corrected chi connectivity index (χ3v) is 3.03. The quantitative estimate of drug-likeness (QED) is 0.271. The van der Waals surface area contributed by atoms with Crippen LogP contribution in [0.5, 0.6) is 5.75 Å². The average molecular weight is 372 g/mol. The van der Waals surface area contributed by atoms with Gasteiger partial charge in [0, 0.05) is 6.07 Å². The molecule has 0 aromatic heterocycles. The van der Waals surface area contributed by atoms with Crippen LogP contribution in [0.1, 0.15) is 0 Å². The molecule has 1 aromatic rings. The van der Waals surface area contributed by atoms with E-state index < -0.39 is 35.1 Å². The van der Waals surface area contributed by atoms with Gasteiger partial charge >= 0.3 is 11.9 Å². The van der Waals surface area contributed by atoms with Crippen molar-refractivity contribution in [3.8, 4) is 5.75 Å². The summed E-state index contributed by atoms with van der Waals surface area (Å²) in [5.74, 6) is -3.87. The number of ether oxygens (including phenoxy) is 1. The molecular weight excluding hydrogens is 363 g/mol. The molecular formula is C10H9BrF3N3O4.